The number of likely N-dealkylation sites (tertiary alicyclic amines) is 1. The van der Waals surface area contributed by atoms with E-state index in [4.69, 9.17) is 17.3 Å². The van der Waals surface area contributed by atoms with E-state index in [-0.39, 0.29) is 30.7 Å². The van der Waals surface area contributed by atoms with Gasteiger partial charge in [0.05, 0.1) is 5.69 Å². The number of amides is 4. The van der Waals surface area contributed by atoms with Crippen LogP contribution in [0.2, 0.25) is 5.02 Å². The van der Waals surface area contributed by atoms with E-state index < -0.39 is 12.1 Å². The number of hydrogen-bond donors (Lipinski definition) is 2. The third kappa shape index (κ3) is 3.68. The molecule has 0 bridgehead atoms. The molecular formula is C18H23ClN4O3. The van der Waals surface area contributed by atoms with Crippen molar-refractivity contribution >= 4 is 35.1 Å². The lowest BCUT2D eigenvalue weighted by Gasteiger charge is -2.22. The molecule has 2 aliphatic heterocycles. The maximum atomic E-state index is 12.6. The summed E-state index contributed by atoms with van der Waals surface area (Å²) >= 11 is 5.85. The van der Waals surface area contributed by atoms with Crippen LogP contribution >= 0.6 is 11.6 Å². The topological polar surface area (TPSA) is 95.7 Å². The summed E-state index contributed by atoms with van der Waals surface area (Å²) in [5, 5.41) is 3.18. The number of nitrogens with one attached hydrogen (secondary N) is 1. The molecule has 3 rings (SSSR count). The fraction of sp³-hybridized carbons (Fsp3) is 0.500. The molecule has 1 aromatic rings. The molecule has 2 saturated heterocycles. The zero-order chi connectivity index (χ0) is 18.8. The van der Waals surface area contributed by atoms with Crippen LogP contribution in [0.25, 0.3) is 0 Å². The summed E-state index contributed by atoms with van der Waals surface area (Å²) in [6.07, 6.45) is 1.41. The number of nitrogens with zero attached hydrogens (tertiary/aromatic N) is 2. The Bertz CT molecular complexity index is 709. The molecule has 2 heterocycles. The van der Waals surface area contributed by atoms with Crippen LogP contribution in [0.15, 0.2) is 24.3 Å². The number of rotatable bonds is 5. The summed E-state index contributed by atoms with van der Waals surface area (Å²) in [6.45, 7) is 3.25. The lowest BCUT2D eigenvalue weighted by Crippen LogP contribution is -2.36. The Labute approximate surface area is 157 Å². The Balaban J connectivity index is 1.59. The van der Waals surface area contributed by atoms with E-state index in [0.717, 1.165) is 11.3 Å². The number of benzene rings is 1. The molecule has 3 atom stereocenters. The highest BCUT2D eigenvalue weighted by atomic mass is 35.5. The first kappa shape index (κ1) is 18.7. The van der Waals surface area contributed by atoms with Gasteiger partial charge < -0.3 is 16.0 Å². The summed E-state index contributed by atoms with van der Waals surface area (Å²) < 4.78 is 0. The molecule has 3 unspecified atom stereocenters. The van der Waals surface area contributed by atoms with E-state index in [9.17, 15) is 14.4 Å². The number of carbonyl (C=O) groups is 3. The number of urea groups is 1. The number of carbonyl (C=O) groups excluding carboxylic acids is 3. The molecule has 140 valence electrons. The van der Waals surface area contributed by atoms with Gasteiger partial charge in [0.25, 0.3) is 5.91 Å². The van der Waals surface area contributed by atoms with E-state index in [1.165, 1.54) is 0 Å². The number of imide groups is 1. The monoisotopic (exact) mass is 378 g/mol. The second-order valence-electron chi connectivity index (χ2n) is 6.92. The highest BCUT2D eigenvalue weighted by Gasteiger charge is 2.39. The average molecular weight is 379 g/mol. The van der Waals surface area contributed by atoms with Gasteiger partial charge in [-0.2, -0.15) is 0 Å². The van der Waals surface area contributed by atoms with Crippen LogP contribution in [0, 0.1) is 5.92 Å². The summed E-state index contributed by atoms with van der Waals surface area (Å²) in [5.41, 5.74) is 6.16. The third-order valence-corrected chi connectivity index (χ3v) is 5.32. The van der Waals surface area contributed by atoms with Crippen LogP contribution in [0.1, 0.15) is 26.2 Å². The number of anilines is 1. The van der Waals surface area contributed by atoms with Gasteiger partial charge in [-0.25, -0.2) is 9.69 Å². The van der Waals surface area contributed by atoms with Gasteiger partial charge in [0, 0.05) is 24.0 Å². The normalized spacial score (nSPS) is 25.7. The van der Waals surface area contributed by atoms with Crippen LogP contribution in [0.5, 0.6) is 0 Å². The molecule has 8 heteroatoms. The fourth-order valence-electron chi connectivity index (χ4n) is 3.63. The molecule has 2 aliphatic rings. The Morgan fingerprint density at radius 3 is 2.62 bits per heavy atom. The van der Waals surface area contributed by atoms with Gasteiger partial charge in [0.15, 0.2) is 0 Å². The first-order valence-electron chi connectivity index (χ1n) is 8.80. The van der Waals surface area contributed by atoms with Gasteiger partial charge in [0.2, 0.25) is 5.91 Å². The van der Waals surface area contributed by atoms with Crippen molar-refractivity contribution in [2.45, 2.75) is 38.3 Å². The van der Waals surface area contributed by atoms with E-state index in [1.54, 1.807) is 24.3 Å². The summed E-state index contributed by atoms with van der Waals surface area (Å²) in [6, 6.07) is 5.47. The molecule has 26 heavy (non-hydrogen) atoms. The molecule has 0 saturated carbocycles. The lowest BCUT2D eigenvalue weighted by molar-refractivity contribution is -0.132. The predicted molar refractivity (Wildman–Crippen MR) is 98.8 cm³/mol. The number of nitrogens with two attached hydrogens (primary N) is 1. The molecule has 3 N–H and O–H groups in total. The van der Waals surface area contributed by atoms with Crippen LogP contribution in [-0.2, 0) is 9.59 Å². The Kier molecular flexibility index (Phi) is 5.48. The SMILES string of the molecule is CC1CC(CN)CN1C(=O)CCC1NC(=O)N(c2ccc(Cl)cc2)C1=O. The van der Waals surface area contributed by atoms with Crippen molar-refractivity contribution in [3.05, 3.63) is 29.3 Å². The van der Waals surface area contributed by atoms with Gasteiger partial charge >= 0.3 is 6.03 Å². The van der Waals surface area contributed by atoms with Gasteiger partial charge in [0.1, 0.15) is 6.04 Å². The first-order valence-corrected chi connectivity index (χ1v) is 9.18. The lowest BCUT2D eigenvalue weighted by atomic mass is 10.1. The fourth-order valence-corrected chi connectivity index (χ4v) is 3.76. The van der Waals surface area contributed by atoms with Crippen LogP contribution in [-0.4, -0.2) is 47.9 Å². The van der Waals surface area contributed by atoms with E-state index >= 15 is 0 Å². The zero-order valence-corrected chi connectivity index (χ0v) is 15.4. The van der Waals surface area contributed by atoms with Crippen molar-refractivity contribution in [3.63, 3.8) is 0 Å². The molecule has 0 radical (unpaired) electrons. The molecule has 7 nitrogen and oxygen atoms in total. The van der Waals surface area contributed by atoms with Crippen LogP contribution in [0.4, 0.5) is 10.5 Å². The largest absolute Gasteiger partial charge is 0.340 e. The van der Waals surface area contributed by atoms with Gasteiger partial charge in [-0.3, -0.25) is 9.59 Å². The number of halogens is 1. The van der Waals surface area contributed by atoms with Crippen LogP contribution < -0.4 is 16.0 Å². The molecule has 2 fully saturated rings. The Hall–Kier alpha value is -2.12. The highest BCUT2D eigenvalue weighted by Crippen LogP contribution is 2.25. The quantitative estimate of drug-likeness (QED) is 0.763. The zero-order valence-electron chi connectivity index (χ0n) is 14.7. The second-order valence-corrected chi connectivity index (χ2v) is 7.36. The third-order valence-electron chi connectivity index (χ3n) is 5.07. The number of hydrogen-bond acceptors (Lipinski definition) is 4. The van der Waals surface area contributed by atoms with Crippen LogP contribution in [0.3, 0.4) is 0 Å². The maximum absolute atomic E-state index is 12.6. The molecule has 0 spiro atoms. The molecular weight excluding hydrogens is 356 g/mol. The minimum atomic E-state index is -0.689. The molecule has 0 aliphatic carbocycles. The van der Waals surface area contributed by atoms with Gasteiger partial charge in [-0.1, -0.05) is 11.6 Å². The van der Waals surface area contributed by atoms with Crippen molar-refractivity contribution in [2.24, 2.45) is 11.7 Å². The first-order chi connectivity index (χ1) is 12.4. The predicted octanol–water partition coefficient (Wildman–Crippen LogP) is 1.74. The molecule has 4 amide bonds. The summed E-state index contributed by atoms with van der Waals surface area (Å²) in [4.78, 5) is 40.1. The van der Waals surface area contributed by atoms with Crippen molar-refractivity contribution in [1.82, 2.24) is 10.2 Å². The minimum Gasteiger partial charge on any atom is -0.340 e. The van der Waals surface area contributed by atoms with E-state index in [1.807, 2.05) is 11.8 Å². The van der Waals surface area contributed by atoms with Crippen molar-refractivity contribution < 1.29 is 14.4 Å². The second kappa shape index (κ2) is 7.63. The standard InChI is InChI=1S/C18H23ClN4O3/c1-11-8-12(9-20)10-22(11)16(24)7-6-15-17(25)23(18(26)21-15)14-4-2-13(19)3-5-14/h2-5,11-12,15H,6-10,20H2,1H3,(H,21,26). The summed E-state index contributed by atoms with van der Waals surface area (Å²) in [7, 11) is 0. The average Bonchev–Trinajstić information content (AvgIpc) is 3.13. The Morgan fingerprint density at radius 2 is 2.00 bits per heavy atom. The van der Waals surface area contributed by atoms with Gasteiger partial charge in [-0.15, -0.1) is 0 Å². The van der Waals surface area contributed by atoms with E-state index in [0.29, 0.717) is 29.7 Å². The summed E-state index contributed by atoms with van der Waals surface area (Å²) in [5.74, 6) is -0.0120. The maximum Gasteiger partial charge on any atom is 0.329 e. The van der Waals surface area contributed by atoms with Crippen molar-refractivity contribution in [3.8, 4) is 0 Å². The highest BCUT2D eigenvalue weighted by molar-refractivity contribution is 6.30. The molecule has 0 aromatic heterocycles. The molecule has 1 aromatic carbocycles. The van der Waals surface area contributed by atoms with E-state index in [2.05, 4.69) is 5.32 Å². The smallest absolute Gasteiger partial charge is 0.329 e. The van der Waals surface area contributed by atoms with Crippen molar-refractivity contribution in [2.75, 3.05) is 18.0 Å². The van der Waals surface area contributed by atoms with Crippen molar-refractivity contribution in [1.29, 1.82) is 0 Å². The Morgan fingerprint density at radius 1 is 1.31 bits per heavy atom. The minimum absolute atomic E-state index is 0.000409. The van der Waals surface area contributed by atoms with Gasteiger partial charge in [-0.05, 0) is 56.5 Å².